The van der Waals surface area contributed by atoms with Crippen molar-refractivity contribution in [3.63, 3.8) is 0 Å². The highest BCUT2D eigenvalue weighted by Crippen LogP contribution is 2.19. The molecule has 2 N–H and O–H groups in total. The number of anilines is 1. The zero-order valence-electron chi connectivity index (χ0n) is 10.8. The van der Waals surface area contributed by atoms with Crippen LogP contribution in [0.2, 0.25) is 5.02 Å². The molecule has 0 saturated carbocycles. The monoisotopic (exact) mass is 270 g/mol. The van der Waals surface area contributed by atoms with Crippen molar-refractivity contribution in [2.45, 2.75) is 13.3 Å². The molecule has 0 bridgehead atoms. The summed E-state index contributed by atoms with van der Waals surface area (Å²) >= 11 is 5.91. The highest BCUT2D eigenvalue weighted by molar-refractivity contribution is 6.30. The Morgan fingerprint density at radius 2 is 2.17 bits per heavy atom. The number of carbonyl (C=O) groups is 1. The summed E-state index contributed by atoms with van der Waals surface area (Å²) in [6, 6.07) is 5.66. The van der Waals surface area contributed by atoms with E-state index in [2.05, 4.69) is 10.6 Å². The molecule has 0 aromatic heterocycles. The number of nitrogens with one attached hydrogen (secondary N) is 2. The van der Waals surface area contributed by atoms with Crippen LogP contribution in [0, 0.1) is 6.92 Å². The molecule has 0 unspecified atom stereocenters. The van der Waals surface area contributed by atoms with Gasteiger partial charge in [-0.2, -0.15) is 0 Å². The van der Waals surface area contributed by atoms with Gasteiger partial charge in [0.1, 0.15) is 0 Å². The first-order valence-corrected chi connectivity index (χ1v) is 6.27. The maximum Gasteiger partial charge on any atom is 0.221 e. The Morgan fingerprint density at radius 3 is 2.89 bits per heavy atom. The smallest absolute Gasteiger partial charge is 0.221 e. The van der Waals surface area contributed by atoms with E-state index in [-0.39, 0.29) is 5.91 Å². The first-order chi connectivity index (χ1) is 8.63. The first-order valence-electron chi connectivity index (χ1n) is 5.89. The van der Waals surface area contributed by atoms with Crippen LogP contribution in [-0.4, -0.2) is 32.7 Å². The third kappa shape index (κ3) is 5.38. The molecule has 4 nitrogen and oxygen atoms in total. The Bertz CT molecular complexity index is 397. The third-order valence-corrected chi connectivity index (χ3v) is 2.73. The fourth-order valence-electron chi connectivity index (χ4n) is 1.48. The van der Waals surface area contributed by atoms with Crippen LogP contribution in [0.5, 0.6) is 0 Å². The first kappa shape index (κ1) is 14.8. The van der Waals surface area contributed by atoms with Gasteiger partial charge in [0.05, 0.1) is 6.61 Å². The molecule has 0 aliphatic heterocycles. The van der Waals surface area contributed by atoms with Crippen molar-refractivity contribution in [1.82, 2.24) is 5.32 Å². The van der Waals surface area contributed by atoms with Gasteiger partial charge in [-0.25, -0.2) is 0 Å². The van der Waals surface area contributed by atoms with Gasteiger partial charge in [-0.05, 0) is 24.6 Å². The molecule has 100 valence electrons. The second-order valence-electron chi connectivity index (χ2n) is 3.98. The van der Waals surface area contributed by atoms with E-state index in [1.165, 1.54) is 0 Å². The fraction of sp³-hybridized carbons (Fsp3) is 0.462. The summed E-state index contributed by atoms with van der Waals surface area (Å²) in [6.45, 7) is 3.66. The van der Waals surface area contributed by atoms with Crippen LogP contribution < -0.4 is 10.6 Å². The van der Waals surface area contributed by atoms with Gasteiger partial charge in [-0.15, -0.1) is 0 Å². The number of hydrogen-bond donors (Lipinski definition) is 2. The molecule has 0 fully saturated rings. The predicted octanol–water partition coefficient (Wildman–Crippen LogP) is 2.21. The van der Waals surface area contributed by atoms with E-state index in [1.807, 2.05) is 25.1 Å². The second-order valence-corrected chi connectivity index (χ2v) is 4.42. The summed E-state index contributed by atoms with van der Waals surface area (Å²) in [5.74, 6) is 0.0132. The van der Waals surface area contributed by atoms with Gasteiger partial charge in [0.15, 0.2) is 0 Å². The lowest BCUT2D eigenvalue weighted by Crippen LogP contribution is -2.28. The lowest BCUT2D eigenvalue weighted by atomic mass is 10.2. The molecule has 1 rings (SSSR count). The van der Waals surface area contributed by atoms with Gasteiger partial charge in [-0.1, -0.05) is 17.7 Å². The molecular formula is C13H19ClN2O2. The molecular weight excluding hydrogens is 252 g/mol. The van der Waals surface area contributed by atoms with E-state index in [9.17, 15) is 4.79 Å². The highest BCUT2D eigenvalue weighted by Gasteiger charge is 2.02. The molecule has 0 radical (unpaired) electrons. The maximum absolute atomic E-state index is 11.4. The molecule has 1 amide bonds. The van der Waals surface area contributed by atoms with E-state index in [0.29, 0.717) is 31.1 Å². The van der Waals surface area contributed by atoms with E-state index >= 15 is 0 Å². The van der Waals surface area contributed by atoms with Gasteiger partial charge in [0, 0.05) is 37.3 Å². The minimum Gasteiger partial charge on any atom is -0.384 e. The van der Waals surface area contributed by atoms with Crippen LogP contribution in [0.15, 0.2) is 18.2 Å². The van der Waals surface area contributed by atoms with E-state index in [4.69, 9.17) is 16.3 Å². The topological polar surface area (TPSA) is 50.4 Å². The fourth-order valence-corrected chi connectivity index (χ4v) is 1.65. The summed E-state index contributed by atoms with van der Waals surface area (Å²) in [5, 5.41) is 6.65. The van der Waals surface area contributed by atoms with Crippen LogP contribution in [-0.2, 0) is 9.53 Å². The van der Waals surface area contributed by atoms with Crippen molar-refractivity contribution in [3.05, 3.63) is 28.8 Å². The molecule has 0 saturated heterocycles. The van der Waals surface area contributed by atoms with Gasteiger partial charge in [0.2, 0.25) is 5.91 Å². The van der Waals surface area contributed by atoms with Crippen molar-refractivity contribution in [3.8, 4) is 0 Å². The lowest BCUT2D eigenvalue weighted by Gasteiger charge is -2.10. The zero-order valence-corrected chi connectivity index (χ0v) is 11.5. The third-order valence-electron chi connectivity index (χ3n) is 2.50. The number of aryl methyl sites for hydroxylation is 1. The normalized spacial score (nSPS) is 10.2. The van der Waals surface area contributed by atoms with Crippen molar-refractivity contribution >= 4 is 23.2 Å². The Kier molecular flexibility index (Phi) is 6.54. The predicted molar refractivity (Wildman–Crippen MR) is 74.2 cm³/mol. The number of carbonyl (C=O) groups excluding carboxylic acids is 1. The molecule has 18 heavy (non-hydrogen) atoms. The van der Waals surface area contributed by atoms with Crippen LogP contribution in [0.25, 0.3) is 0 Å². The average molecular weight is 271 g/mol. The Balaban J connectivity index is 2.28. The molecule has 0 atom stereocenters. The number of halogens is 1. The van der Waals surface area contributed by atoms with Crippen LogP contribution in [0.4, 0.5) is 5.69 Å². The van der Waals surface area contributed by atoms with Gasteiger partial charge < -0.3 is 15.4 Å². The summed E-state index contributed by atoms with van der Waals surface area (Å²) in [7, 11) is 1.61. The van der Waals surface area contributed by atoms with Crippen LogP contribution >= 0.6 is 11.6 Å². The number of hydrogen-bond acceptors (Lipinski definition) is 3. The largest absolute Gasteiger partial charge is 0.384 e. The summed E-state index contributed by atoms with van der Waals surface area (Å²) in [4.78, 5) is 11.4. The van der Waals surface area contributed by atoms with Crippen molar-refractivity contribution in [1.29, 1.82) is 0 Å². The maximum atomic E-state index is 11.4. The summed E-state index contributed by atoms with van der Waals surface area (Å²) in [5.41, 5.74) is 2.08. The van der Waals surface area contributed by atoms with E-state index in [0.717, 1.165) is 11.3 Å². The van der Waals surface area contributed by atoms with Crippen LogP contribution in [0.3, 0.4) is 0 Å². The second kappa shape index (κ2) is 7.95. The van der Waals surface area contributed by atoms with E-state index in [1.54, 1.807) is 7.11 Å². The number of rotatable bonds is 7. The average Bonchev–Trinajstić information content (AvgIpc) is 2.34. The molecule has 5 heteroatoms. The van der Waals surface area contributed by atoms with Crippen LogP contribution in [0.1, 0.15) is 12.0 Å². The number of benzene rings is 1. The molecule has 0 spiro atoms. The molecule has 1 aromatic carbocycles. The molecule has 1 aromatic rings. The summed E-state index contributed by atoms with van der Waals surface area (Å²) < 4.78 is 4.85. The van der Waals surface area contributed by atoms with Gasteiger partial charge in [-0.3, -0.25) is 4.79 Å². The number of amides is 1. The standard InChI is InChI=1S/C13H19ClN2O2/c1-10-3-4-11(14)9-12(10)15-6-5-13(17)16-7-8-18-2/h3-4,9,15H,5-8H2,1-2H3,(H,16,17). The molecule has 0 aliphatic rings. The molecule has 0 aliphatic carbocycles. The zero-order chi connectivity index (χ0) is 13.4. The number of methoxy groups -OCH3 is 1. The number of ether oxygens (including phenoxy) is 1. The Labute approximate surface area is 113 Å². The Morgan fingerprint density at radius 1 is 1.39 bits per heavy atom. The Hall–Kier alpha value is -1.26. The molecule has 0 heterocycles. The lowest BCUT2D eigenvalue weighted by molar-refractivity contribution is -0.121. The van der Waals surface area contributed by atoms with Crippen molar-refractivity contribution in [2.24, 2.45) is 0 Å². The minimum absolute atomic E-state index is 0.0132. The van der Waals surface area contributed by atoms with Gasteiger partial charge >= 0.3 is 0 Å². The van der Waals surface area contributed by atoms with E-state index < -0.39 is 0 Å². The SMILES string of the molecule is COCCNC(=O)CCNc1cc(Cl)ccc1C. The van der Waals surface area contributed by atoms with Crippen molar-refractivity contribution in [2.75, 3.05) is 32.1 Å². The summed E-state index contributed by atoms with van der Waals surface area (Å²) in [6.07, 6.45) is 0.426. The highest BCUT2D eigenvalue weighted by atomic mass is 35.5. The minimum atomic E-state index is 0.0132. The quantitative estimate of drug-likeness (QED) is 0.747. The van der Waals surface area contributed by atoms with Gasteiger partial charge in [0.25, 0.3) is 0 Å². The van der Waals surface area contributed by atoms with Crippen molar-refractivity contribution < 1.29 is 9.53 Å².